The minimum Gasteiger partial charge on any atom is -0.446 e. The maximum Gasteiger partial charge on any atom is 0.410 e. The molecular formula is C59H108F8N4O8. The van der Waals surface area contributed by atoms with E-state index in [1.54, 1.807) is 19.6 Å². The minimum atomic E-state index is -2.79. The lowest BCUT2D eigenvalue weighted by molar-refractivity contribution is -0.148. The van der Waals surface area contributed by atoms with Gasteiger partial charge in [-0.15, -0.1) is 0 Å². The van der Waals surface area contributed by atoms with Gasteiger partial charge in [-0.25, -0.2) is 54.3 Å². The van der Waals surface area contributed by atoms with Crippen LogP contribution < -0.4 is 0 Å². The normalized spacial score (nSPS) is 24.8. The third-order valence-corrected chi connectivity index (χ3v) is 16.9. The Labute approximate surface area is 471 Å². The first-order valence-corrected chi connectivity index (χ1v) is 27.9. The van der Waals surface area contributed by atoms with Crippen LogP contribution in [0.5, 0.6) is 0 Å². The largest absolute Gasteiger partial charge is 0.446 e. The quantitative estimate of drug-likeness (QED) is 0.174. The molecule has 468 valence electrons. The van der Waals surface area contributed by atoms with Gasteiger partial charge in [0.05, 0.1) is 6.42 Å². The minimum absolute atomic E-state index is 0. The molecule has 4 heterocycles. The topological polar surface area (TPSA) is 118 Å². The number of piperidine rings is 4. The van der Waals surface area contributed by atoms with Crippen molar-refractivity contribution in [3.05, 3.63) is 0 Å². The van der Waals surface area contributed by atoms with Crippen molar-refractivity contribution in [1.29, 1.82) is 0 Å². The highest BCUT2D eigenvalue weighted by Gasteiger charge is 2.61. The van der Waals surface area contributed by atoms with Crippen LogP contribution in [0, 0.1) is 47.3 Å². The van der Waals surface area contributed by atoms with Crippen LogP contribution in [0.15, 0.2) is 0 Å². The number of alkyl halides is 8. The van der Waals surface area contributed by atoms with Gasteiger partial charge in [0, 0.05) is 90.9 Å². The molecular weight excluding hydrogens is 1040 g/mol. The van der Waals surface area contributed by atoms with Crippen molar-refractivity contribution < 1.29 is 73.2 Å². The molecule has 8 rings (SSSR count). The smallest absolute Gasteiger partial charge is 0.410 e. The third kappa shape index (κ3) is 24.5. The standard InChI is InChI=1S/C15H25F2NO2.C14H23F2NO2.C13H21F2NO2.C12H19F2NO2.5CH4/c1-11(2)12-5-9-18(10-6-12)14(19)20-13-3-7-15(16,17)8-4-13;1-10(2)11-4-7-17(8-5-11)13(18)19-12-3-6-14(15,16)9-12;1-9(2)10-3-5-16(6-4-10)12(17)18-11-7-13(14,15)8-11;1-8(2)9-3-5-15(6-4-9)11(16)17-10-7-12(10,13)14;;;;;/h11-13H,3-10H2,1-2H3;10-12H,3-9H2,1-2H3;9-11H,3-8H2,1-2H3;8-10H,3-7H2,1-2H3;5*1H4. The first kappa shape index (κ1) is 75.5. The lowest BCUT2D eigenvalue weighted by Crippen LogP contribution is -2.46. The lowest BCUT2D eigenvalue weighted by Gasteiger charge is -2.37. The van der Waals surface area contributed by atoms with E-state index in [1.807, 2.05) is 0 Å². The maximum absolute atomic E-state index is 13.0. The summed E-state index contributed by atoms with van der Waals surface area (Å²) in [6, 6.07) is 0. The van der Waals surface area contributed by atoms with Gasteiger partial charge in [-0.3, -0.25) is 0 Å². The van der Waals surface area contributed by atoms with Crippen LogP contribution in [0.1, 0.15) is 208 Å². The molecule has 4 aliphatic heterocycles. The molecule has 12 nitrogen and oxygen atoms in total. The van der Waals surface area contributed by atoms with Gasteiger partial charge in [0.2, 0.25) is 5.92 Å². The van der Waals surface area contributed by atoms with Gasteiger partial charge >= 0.3 is 24.4 Å². The number of halogens is 8. The number of carbonyl (C=O) groups excluding carboxylic acids is 4. The summed E-state index contributed by atoms with van der Waals surface area (Å²) in [5, 5.41) is 0. The fraction of sp³-hybridized carbons (Fsp3) is 0.932. The summed E-state index contributed by atoms with van der Waals surface area (Å²) in [4.78, 5) is 53.8. The Hall–Kier alpha value is -3.48. The van der Waals surface area contributed by atoms with Crippen LogP contribution in [0.4, 0.5) is 54.3 Å². The van der Waals surface area contributed by atoms with Gasteiger partial charge in [0.15, 0.2) is 6.10 Å². The van der Waals surface area contributed by atoms with E-state index >= 15 is 0 Å². The summed E-state index contributed by atoms with van der Waals surface area (Å²) in [5.74, 6) is -5.51. The van der Waals surface area contributed by atoms with Crippen LogP contribution >= 0.6 is 0 Å². The van der Waals surface area contributed by atoms with Gasteiger partial charge in [0.1, 0.15) is 18.3 Å². The fourth-order valence-electron chi connectivity index (χ4n) is 11.0. The first-order valence-electron chi connectivity index (χ1n) is 27.9. The second-order valence-electron chi connectivity index (χ2n) is 23.9. The highest BCUT2D eigenvalue weighted by molar-refractivity contribution is 5.69. The second-order valence-corrected chi connectivity index (χ2v) is 23.9. The van der Waals surface area contributed by atoms with E-state index in [4.69, 9.17) is 18.9 Å². The number of hydrogen-bond acceptors (Lipinski definition) is 8. The van der Waals surface area contributed by atoms with Gasteiger partial charge < -0.3 is 38.5 Å². The zero-order chi connectivity index (χ0) is 54.8. The monoisotopic (exact) mass is 1150 g/mol. The van der Waals surface area contributed by atoms with E-state index in [1.165, 1.54) is 0 Å². The average molecular weight is 1150 g/mol. The Morgan fingerprint density at radius 3 is 0.835 bits per heavy atom. The number of ether oxygens (including phenoxy) is 4. The van der Waals surface area contributed by atoms with Crippen molar-refractivity contribution >= 4 is 24.4 Å². The van der Waals surface area contributed by atoms with Gasteiger partial charge in [-0.2, -0.15) is 0 Å². The molecule has 0 bridgehead atoms. The van der Waals surface area contributed by atoms with E-state index in [9.17, 15) is 54.3 Å². The Balaban J connectivity index is 0.00000101. The maximum atomic E-state index is 13.0. The number of carbonyl (C=O) groups is 4. The zero-order valence-corrected chi connectivity index (χ0v) is 45.4. The van der Waals surface area contributed by atoms with E-state index < -0.39 is 60.3 Å². The van der Waals surface area contributed by atoms with Crippen molar-refractivity contribution in [2.24, 2.45) is 47.3 Å². The molecule has 4 saturated carbocycles. The predicted octanol–water partition coefficient (Wildman–Crippen LogP) is 17.1. The molecule has 79 heavy (non-hydrogen) atoms. The average Bonchev–Trinajstić information content (AvgIpc) is 3.79. The highest BCUT2D eigenvalue weighted by atomic mass is 19.3. The third-order valence-electron chi connectivity index (χ3n) is 16.9. The van der Waals surface area contributed by atoms with E-state index in [0.717, 1.165) is 64.5 Å². The van der Waals surface area contributed by atoms with Crippen molar-refractivity contribution in [2.75, 3.05) is 52.4 Å². The number of hydrogen-bond donors (Lipinski definition) is 0. The van der Waals surface area contributed by atoms with Gasteiger partial charge in [-0.05, 0) is 118 Å². The van der Waals surface area contributed by atoms with Gasteiger partial charge in [0.25, 0.3) is 17.8 Å². The number of likely N-dealkylation sites (tertiary alicyclic amines) is 4. The SMILES string of the molecule is C.C.C.C.C.CC(C)C1CCN(C(=O)OC2CC(F)(F)C2)CC1.CC(C)C1CCN(C(=O)OC2CC2(F)F)CC1.CC(C)C1CCN(C(=O)OC2CCC(F)(F)C2)CC1.CC(C)C1CCN(C(=O)OC2CCC(F)(F)CC2)CC1. The van der Waals surface area contributed by atoms with Crippen LogP contribution in [0.25, 0.3) is 0 Å². The number of amides is 4. The van der Waals surface area contributed by atoms with Crippen molar-refractivity contribution in [3.8, 4) is 0 Å². The molecule has 4 aliphatic carbocycles. The highest BCUT2D eigenvalue weighted by Crippen LogP contribution is 2.45. The Morgan fingerprint density at radius 1 is 0.342 bits per heavy atom. The van der Waals surface area contributed by atoms with Gasteiger partial charge in [-0.1, -0.05) is 92.5 Å². The molecule has 4 saturated heterocycles. The Kier molecular flexibility index (Phi) is 31.5. The molecule has 8 fully saturated rings. The molecule has 2 atom stereocenters. The van der Waals surface area contributed by atoms with Crippen molar-refractivity contribution in [3.63, 3.8) is 0 Å². The second kappa shape index (κ2) is 33.0. The van der Waals surface area contributed by atoms with E-state index in [0.29, 0.717) is 86.6 Å². The Bertz CT molecular complexity index is 1760. The molecule has 0 N–H and O–H groups in total. The Morgan fingerprint density at radius 2 is 0.582 bits per heavy atom. The predicted molar refractivity (Wildman–Crippen MR) is 297 cm³/mol. The molecule has 0 aromatic heterocycles. The van der Waals surface area contributed by atoms with Crippen molar-refractivity contribution in [2.45, 2.75) is 256 Å². The number of nitrogens with zero attached hydrogens (tertiary/aromatic N) is 4. The van der Waals surface area contributed by atoms with Crippen LogP contribution in [-0.2, 0) is 18.9 Å². The summed E-state index contributed by atoms with van der Waals surface area (Å²) in [7, 11) is 0. The molecule has 0 aromatic rings. The fourth-order valence-corrected chi connectivity index (χ4v) is 11.0. The summed E-state index contributed by atoms with van der Waals surface area (Å²) < 4.78 is 123. The molecule has 20 heteroatoms. The molecule has 4 amide bonds. The summed E-state index contributed by atoms with van der Waals surface area (Å²) >= 11 is 0. The molecule has 0 aromatic carbocycles. The molecule has 8 aliphatic rings. The number of rotatable bonds is 8. The van der Waals surface area contributed by atoms with Crippen LogP contribution in [-0.4, -0.2) is 144 Å². The lowest BCUT2D eigenvalue weighted by atomic mass is 9.87. The summed E-state index contributed by atoms with van der Waals surface area (Å²) in [6.45, 7) is 23.0. The summed E-state index contributed by atoms with van der Waals surface area (Å²) in [6.07, 6.45) is 2.45. The molecule has 0 spiro atoms. The zero-order valence-electron chi connectivity index (χ0n) is 45.4. The first-order chi connectivity index (χ1) is 34.5. The van der Waals surface area contributed by atoms with Crippen LogP contribution in [0.3, 0.4) is 0 Å². The van der Waals surface area contributed by atoms with E-state index in [2.05, 4.69) is 55.4 Å². The van der Waals surface area contributed by atoms with E-state index in [-0.39, 0.29) is 114 Å². The summed E-state index contributed by atoms with van der Waals surface area (Å²) in [5.41, 5.74) is 0. The van der Waals surface area contributed by atoms with Crippen LogP contribution in [0.2, 0.25) is 0 Å². The molecule has 2 unspecified atom stereocenters. The molecule has 0 radical (unpaired) electrons. The van der Waals surface area contributed by atoms with Crippen molar-refractivity contribution in [1.82, 2.24) is 19.6 Å².